The maximum absolute atomic E-state index is 13.2. The third-order valence-corrected chi connectivity index (χ3v) is 6.70. The lowest BCUT2D eigenvalue weighted by molar-refractivity contribution is 0.0949. The van der Waals surface area contributed by atoms with Crippen molar-refractivity contribution >= 4 is 23.5 Å². The van der Waals surface area contributed by atoms with Crippen LogP contribution in [0.25, 0.3) is 6.08 Å². The average Bonchev–Trinajstić information content (AvgIpc) is 3.16. The molecule has 2 heterocycles. The summed E-state index contributed by atoms with van der Waals surface area (Å²) >= 11 is 6.32. The van der Waals surface area contributed by atoms with Gasteiger partial charge < -0.3 is 9.47 Å². The van der Waals surface area contributed by atoms with Crippen molar-refractivity contribution < 1.29 is 14.3 Å². The van der Waals surface area contributed by atoms with Crippen LogP contribution in [0.2, 0.25) is 5.02 Å². The molecular formula is C28H26ClNO3. The predicted molar refractivity (Wildman–Crippen MR) is 131 cm³/mol. The molecule has 2 aliphatic heterocycles. The molecule has 168 valence electrons. The van der Waals surface area contributed by atoms with Crippen molar-refractivity contribution in [1.29, 1.82) is 0 Å². The number of ether oxygens (including phenoxy) is 2. The number of fused-ring (bicyclic) bond motifs is 3. The van der Waals surface area contributed by atoms with Crippen LogP contribution in [0.5, 0.6) is 11.5 Å². The number of hydrogen-bond acceptors (Lipinski definition) is 4. The number of carbonyl (C=O) groups is 1. The fraction of sp³-hybridized carbons (Fsp3) is 0.250. The summed E-state index contributed by atoms with van der Waals surface area (Å²) in [6, 6.07) is 18.1. The largest absolute Gasteiger partial charge is 0.478 e. The van der Waals surface area contributed by atoms with Crippen molar-refractivity contribution in [3.8, 4) is 11.5 Å². The van der Waals surface area contributed by atoms with Crippen LogP contribution >= 0.6 is 11.6 Å². The lowest BCUT2D eigenvalue weighted by Gasteiger charge is -2.30. The Balaban J connectivity index is 1.39. The van der Waals surface area contributed by atoms with E-state index in [4.69, 9.17) is 21.1 Å². The SMILES string of the molecule is CCc1ccc(/C=C2\Oc3c4c(cc(C)c3C2=O)OCN(CCc2ccccc2Cl)C4)cc1. The molecule has 0 radical (unpaired) electrons. The number of ketones is 1. The number of nitrogens with zero attached hydrogens (tertiary/aromatic N) is 1. The van der Waals surface area contributed by atoms with Crippen molar-refractivity contribution in [2.24, 2.45) is 0 Å². The molecule has 0 N–H and O–H groups in total. The third-order valence-electron chi connectivity index (χ3n) is 6.33. The molecular weight excluding hydrogens is 434 g/mol. The number of rotatable bonds is 5. The van der Waals surface area contributed by atoms with Gasteiger partial charge in [0.25, 0.3) is 0 Å². The van der Waals surface area contributed by atoms with Gasteiger partial charge in [0.15, 0.2) is 5.76 Å². The highest BCUT2D eigenvalue weighted by atomic mass is 35.5. The number of benzene rings is 3. The number of halogens is 1. The maximum Gasteiger partial charge on any atom is 0.232 e. The van der Waals surface area contributed by atoms with Crippen molar-refractivity contribution in [3.05, 3.63) is 98.8 Å². The Morgan fingerprint density at radius 3 is 2.67 bits per heavy atom. The van der Waals surface area contributed by atoms with Crippen molar-refractivity contribution in [2.75, 3.05) is 13.3 Å². The minimum Gasteiger partial charge on any atom is -0.478 e. The van der Waals surface area contributed by atoms with E-state index in [1.54, 1.807) is 0 Å². The Kier molecular flexibility index (Phi) is 5.96. The normalized spacial score (nSPS) is 16.3. The lowest BCUT2D eigenvalue weighted by Crippen LogP contribution is -2.34. The molecule has 3 aromatic rings. The first-order valence-electron chi connectivity index (χ1n) is 11.3. The average molecular weight is 460 g/mol. The van der Waals surface area contributed by atoms with Crippen LogP contribution in [0.4, 0.5) is 0 Å². The molecule has 0 bridgehead atoms. The van der Waals surface area contributed by atoms with Gasteiger partial charge in [0.2, 0.25) is 5.78 Å². The summed E-state index contributed by atoms with van der Waals surface area (Å²) in [4.78, 5) is 15.4. The quantitative estimate of drug-likeness (QED) is 0.424. The zero-order chi connectivity index (χ0) is 22.9. The van der Waals surface area contributed by atoms with Crippen molar-refractivity contribution in [1.82, 2.24) is 4.90 Å². The highest BCUT2D eigenvalue weighted by Crippen LogP contribution is 2.44. The molecule has 4 nitrogen and oxygen atoms in total. The van der Waals surface area contributed by atoms with E-state index in [1.165, 1.54) is 5.56 Å². The fourth-order valence-electron chi connectivity index (χ4n) is 4.40. The van der Waals surface area contributed by atoms with E-state index < -0.39 is 0 Å². The van der Waals surface area contributed by atoms with Gasteiger partial charge in [0, 0.05) is 18.1 Å². The van der Waals surface area contributed by atoms with Gasteiger partial charge >= 0.3 is 0 Å². The molecule has 0 saturated carbocycles. The minimum absolute atomic E-state index is 0.0712. The van der Waals surface area contributed by atoms with E-state index in [0.29, 0.717) is 30.3 Å². The second-order valence-corrected chi connectivity index (χ2v) is 8.98. The molecule has 33 heavy (non-hydrogen) atoms. The Hall–Kier alpha value is -3.08. The summed E-state index contributed by atoms with van der Waals surface area (Å²) in [5.41, 5.74) is 5.78. The van der Waals surface area contributed by atoms with Crippen LogP contribution < -0.4 is 9.47 Å². The summed E-state index contributed by atoms with van der Waals surface area (Å²) in [6.07, 6.45) is 3.63. The van der Waals surface area contributed by atoms with Crippen molar-refractivity contribution in [3.63, 3.8) is 0 Å². The van der Waals surface area contributed by atoms with Crippen molar-refractivity contribution in [2.45, 2.75) is 33.2 Å². The second kappa shape index (κ2) is 9.05. The summed E-state index contributed by atoms with van der Waals surface area (Å²) in [5, 5.41) is 0.781. The van der Waals surface area contributed by atoms with Crippen LogP contribution in [-0.4, -0.2) is 24.0 Å². The molecule has 0 saturated heterocycles. The monoisotopic (exact) mass is 459 g/mol. The topological polar surface area (TPSA) is 38.8 Å². The Morgan fingerprint density at radius 2 is 1.91 bits per heavy atom. The molecule has 0 spiro atoms. The van der Waals surface area contributed by atoms with E-state index in [0.717, 1.165) is 52.4 Å². The number of Topliss-reactive ketones (excluding diaryl/α,β-unsaturated/α-hetero) is 1. The first-order valence-corrected chi connectivity index (χ1v) is 11.7. The van der Waals surface area contributed by atoms with Crippen LogP contribution in [0.3, 0.4) is 0 Å². The van der Waals surface area contributed by atoms with Gasteiger partial charge in [-0.2, -0.15) is 0 Å². The Morgan fingerprint density at radius 1 is 1.12 bits per heavy atom. The summed E-state index contributed by atoms with van der Waals surface area (Å²) in [7, 11) is 0. The molecule has 2 aliphatic rings. The molecule has 0 amide bonds. The third kappa shape index (κ3) is 4.29. The molecule has 0 aliphatic carbocycles. The van der Waals surface area contributed by atoms with E-state index in [2.05, 4.69) is 24.0 Å². The molecule has 0 fully saturated rings. The number of aryl methyl sites for hydroxylation is 2. The molecule has 0 atom stereocenters. The van der Waals surface area contributed by atoms with Gasteiger partial charge in [-0.15, -0.1) is 0 Å². The highest BCUT2D eigenvalue weighted by Gasteiger charge is 2.35. The van der Waals surface area contributed by atoms with Crippen LogP contribution in [-0.2, 0) is 19.4 Å². The van der Waals surface area contributed by atoms with Crippen LogP contribution in [0.1, 0.15) is 45.1 Å². The first-order chi connectivity index (χ1) is 16.0. The van der Waals surface area contributed by atoms with Gasteiger partial charge in [-0.05, 0) is 60.2 Å². The molecule has 0 aromatic heterocycles. The molecule has 5 heteroatoms. The molecule has 3 aromatic carbocycles. The Labute approximate surface area is 199 Å². The first kappa shape index (κ1) is 21.7. The second-order valence-electron chi connectivity index (χ2n) is 8.58. The zero-order valence-electron chi connectivity index (χ0n) is 18.9. The fourth-order valence-corrected chi connectivity index (χ4v) is 4.63. The van der Waals surface area contributed by atoms with Crippen LogP contribution in [0.15, 0.2) is 60.4 Å². The van der Waals surface area contributed by atoms with Crippen LogP contribution in [0, 0.1) is 6.92 Å². The smallest absolute Gasteiger partial charge is 0.232 e. The number of carbonyl (C=O) groups excluding carboxylic acids is 1. The lowest BCUT2D eigenvalue weighted by atomic mass is 9.98. The van der Waals surface area contributed by atoms with Gasteiger partial charge in [-0.25, -0.2) is 0 Å². The molecule has 0 unspecified atom stereocenters. The summed E-state index contributed by atoms with van der Waals surface area (Å²) < 4.78 is 12.2. The van der Waals surface area contributed by atoms with E-state index >= 15 is 0 Å². The summed E-state index contributed by atoms with van der Waals surface area (Å²) in [6.45, 7) is 6.02. The highest BCUT2D eigenvalue weighted by molar-refractivity contribution is 6.31. The Bertz CT molecular complexity index is 1250. The summed E-state index contributed by atoms with van der Waals surface area (Å²) in [5.74, 6) is 1.72. The predicted octanol–water partition coefficient (Wildman–Crippen LogP) is 6.22. The van der Waals surface area contributed by atoms with Gasteiger partial charge in [0.1, 0.15) is 18.2 Å². The maximum atomic E-state index is 13.2. The van der Waals surface area contributed by atoms with E-state index in [-0.39, 0.29) is 5.78 Å². The van der Waals surface area contributed by atoms with E-state index in [9.17, 15) is 4.79 Å². The standard InChI is InChI=1S/C28H26ClNO3/c1-3-19-8-10-20(11-9-19)15-25-27(31)26-18(2)14-24-22(28(26)33-25)16-30(17-32-24)13-12-21-6-4-5-7-23(21)29/h4-11,14-15H,3,12-13,16-17H2,1-2H3/b25-15-. The minimum atomic E-state index is -0.0712. The van der Waals surface area contributed by atoms with Gasteiger partial charge in [-0.1, -0.05) is 61.0 Å². The molecule has 5 rings (SSSR count). The van der Waals surface area contributed by atoms with Gasteiger partial charge in [-0.3, -0.25) is 9.69 Å². The van der Waals surface area contributed by atoms with E-state index in [1.807, 2.05) is 55.5 Å². The number of allylic oxidation sites excluding steroid dienone is 1. The number of hydrogen-bond donors (Lipinski definition) is 0. The zero-order valence-corrected chi connectivity index (χ0v) is 19.6. The van der Waals surface area contributed by atoms with Gasteiger partial charge in [0.05, 0.1) is 11.1 Å².